The average molecular weight is 218 g/mol. The van der Waals surface area contributed by atoms with Crippen molar-refractivity contribution >= 4 is 5.91 Å². The van der Waals surface area contributed by atoms with Crippen LogP contribution in [0.3, 0.4) is 0 Å². The van der Waals surface area contributed by atoms with Crippen molar-refractivity contribution in [3.05, 3.63) is 0 Å². The van der Waals surface area contributed by atoms with Crippen LogP contribution in [0, 0.1) is 0 Å². The lowest BCUT2D eigenvalue weighted by Crippen LogP contribution is -2.41. The van der Waals surface area contributed by atoms with Gasteiger partial charge in [-0.25, -0.2) is 0 Å². The predicted molar refractivity (Wildman–Crippen MR) is 58.7 cm³/mol. The first-order valence-electron chi connectivity index (χ1n) is 5.30. The molecule has 0 radical (unpaired) electrons. The molecular weight excluding hydrogens is 196 g/mol. The van der Waals surface area contributed by atoms with E-state index in [0.717, 1.165) is 19.4 Å². The van der Waals surface area contributed by atoms with Gasteiger partial charge < -0.3 is 20.5 Å². The molecular formula is C10H22N2O3. The highest BCUT2D eigenvalue weighted by molar-refractivity contribution is 5.78. The zero-order chi connectivity index (χ0) is 11.5. The number of carbonyl (C=O) groups is 1. The van der Waals surface area contributed by atoms with Gasteiger partial charge in [0, 0.05) is 19.8 Å². The monoisotopic (exact) mass is 218 g/mol. The highest BCUT2D eigenvalue weighted by Gasteiger charge is 2.05. The minimum Gasteiger partial charge on any atom is -0.396 e. The number of carbonyl (C=O) groups excluding carboxylic acids is 1. The SMILES string of the molecule is COCC(C)NC(=O)CNCCCCO. The van der Waals surface area contributed by atoms with Crippen molar-refractivity contribution in [3.63, 3.8) is 0 Å². The lowest BCUT2D eigenvalue weighted by molar-refractivity contribution is -0.121. The van der Waals surface area contributed by atoms with Gasteiger partial charge in [0.2, 0.25) is 5.91 Å². The second kappa shape index (κ2) is 9.89. The molecule has 0 aromatic rings. The molecule has 0 fully saturated rings. The van der Waals surface area contributed by atoms with Gasteiger partial charge >= 0.3 is 0 Å². The summed E-state index contributed by atoms with van der Waals surface area (Å²) in [4.78, 5) is 11.3. The standard InChI is InChI=1S/C10H22N2O3/c1-9(8-15-2)12-10(14)7-11-5-3-4-6-13/h9,11,13H,3-8H2,1-2H3,(H,12,14). The summed E-state index contributed by atoms with van der Waals surface area (Å²) in [6.45, 7) is 3.70. The molecule has 0 aliphatic rings. The zero-order valence-corrected chi connectivity index (χ0v) is 9.58. The molecule has 0 heterocycles. The second-order valence-electron chi connectivity index (χ2n) is 3.53. The predicted octanol–water partition coefficient (Wildman–Crippen LogP) is -0.500. The first-order valence-corrected chi connectivity index (χ1v) is 5.30. The first kappa shape index (κ1) is 14.3. The Morgan fingerprint density at radius 1 is 1.47 bits per heavy atom. The van der Waals surface area contributed by atoms with Gasteiger partial charge in [0.05, 0.1) is 13.2 Å². The van der Waals surface area contributed by atoms with Crippen molar-refractivity contribution in [1.82, 2.24) is 10.6 Å². The summed E-state index contributed by atoms with van der Waals surface area (Å²) in [5.74, 6) is -0.0245. The van der Waals surface area contributed by atoms with Crippen LogP contribution in [0.15, 0.2) is 0 Å². The van der Waals surface area contributed by atoms with Crippen LogP contribution in [0.1, 0.15) is 19.8 Å². The third-order valence-corrected chi connectivity index (χ3v) is 1.87. The average Bonchev–Trinajstić information content (AvgIpc) is 2.17. The van der Waals surface area contributed by atoms with Gasteiger partial charge in [-0.05, 0) is 26.3 Å². The number of nitrogens with one attached hydrogen (secondary N) is 2. The Labute approximate surface area is 91.2 Å². The molecule has 1 atom stereocenters. The molecule has 1 unspecified atom stereocenters. The Morgan fingerprint density at radius 3 is 2.80 bits per heavy atom. The van der Waals surface area contributed by atoms with Crippen LogP contribution >= 0.6 is 0 Å². The summed E-state index contributed by atoms with van der Waals surface area (Å²) in [6.07, 6.45) is 1.66. The molecule has 0 aliphatic carbocycles. The quantitative estimate of drug-likeness (QED) is 0.456. The number of methoxy groups -OCH3 is 1. The molecule has 0 spiro atoms. The summed E-state index contributed by atoms with van der Waals surface area (Å²) >= 11 is 0. The third kappa shape index (κ3) is 9.65. The van der Waals surface area contributed by atoms with E-state index in [0.29, 0.717) is 13.2 Å². The van der Waals surface area contributed by atoms with Gasteiger partial charge in [0.25, 0.3) is 0 Å². The molecule has 0 rings (SSSR count). The van der Waals surface area contributed by atoms with Crippen molar-refractivity contribution in [3.8, 4) is 0 Å². The molecule has 15 heavy (non-hydrogen) atoms. The number of hydrogen-bond acceptors (Lipinski definition) is 4. The van der Waals surface area contributed by atoms with E-state index in [9.17, 15) is 4.79 Å². The molecule has 0 saturated heterocycles. The van der Waals surface area contributed by atoms with Crippen LogP contribution < -0.4 is 10.6 Å². The Kier molecular flexibility index (Phi) is 9.46. The van der Waals surface area contributed by atoms with Crippen LogP contribution in [0.25, 0.3) is 0 Å². The molecule has 0 bridgehead atoms. The zero-order valence-electron chi connectivity index (χ0n) is 9.58. The van der Waals surface area contributed by atoms with Crippen molar-refractivity contribution in [2.24, 2.45) is 0 Å². The summed E-state index contributed by atoms with van der Waals surface area (Å²) in [6, 6.07) is 0.0433. The number of hydrogen-bond donors (Lipinski definition) is 3. The summed E-state index contributed by atoms with van der Waals surface area (Å²) in [5.41, 5.74) is 0. The van der Waals surface area contributed by atoms with Gasteiger partial charge in [-0.15, -0.1) is 0 Å². The molecule has 5 nitrogen and oxygen atoms in total. The van der Waals surface area contributed by atoms with Gasteiger partial charge in [0.1, 0.15) is 0 Å². The second-order valence-corrected chi connectivity index (χ2v) is 3.53. The molecule has 0 aromatic heterocycles. The fourth-order valence-corrected chi connectivity index (χ4v) is 1.18. The van der Waals surface area contributed by atoms with Crippen molar-refractivity contribution in [2.75, 3.05) is 33.4 Å². The fraction of sp³-hybridized carbons (Fsp3) is 0.900. The first-order chi connectivity index (χ1) is 7.20. The maximum Gasteiger partial charge on any atom is 0.234 e. The largest absolute Gasteiger partial charge is 0.396 e. The van der Waals surface area contributed by atoms with Crippen LogP contribution in [0.2, 0.25) is 0 Å². The molecule has 90 valence electrons. The van der Waals surface area contributed by atoms with E-state index in [-0.39, 0.29) is 18.6 Å². The van der Waals surface area contributed by atoms with E-state index in [4.69, 9.17) is 9.84 Å². The van der Waals surface area contributed by atoms with Crippen molar-refractivity contribution < 1.29 is 14.6 Å². The van der Waals surface area contributed by atoms with E-state index in [1.807, 2.05) is 6.92 Å². The number of aliphatic hydroxyl groups is 1. The highest BCUT2D eigenvalue weighted by atomic mass is 16.5. The van der Waals surface area contributed by atoms with Crippen LogP contribution in [0.4, 0.5) is 0 Å². The van der Waals surface area contributed by atoms with Crippen LogP contribution in [0.5, 0.6) is 0 Å². The van der Waals surface area contributed by atoms with Gasteiger partial charge in [0.15, 0.2) is 0 Å². The minimum atomic E-state index is -0.0245. The molecule has 3 N–H and O–H groups in total. The third-order valence-electron chi connectivity index (χ3n) is 1.87. The number of aliphatic hydroxyl groups excluding tert-OH is 1. The smallest absolute Gasteiger partial charge is 0.234 e. The molecule has 0 aromatic carbocycles. The Bertz CT molecular complexity index is 165. The van der Waals surface area contributed by atoms with Crippen LogP contribution in [-0.2, 0) is 9.53 Å². The Morgan fingerprint density at radius 2 is 2.20 bits per heavy atom. The van der Waals surface area contributed by atoms with Crippen molar-refractivity contribution in [2.45, 2.75) is 25.8 Å². The number of ether oxygens (including phenoxy) is 1. The maximum atomic E-state index is 11.3. The molecule has 1 amide bonds. The van der Waals surface area contributed by atoms with E-state index in [2.05, 4.69) is 10.6 Å². The van der Waals surface area contributed by atoms with Crippen LogP contribution in [-0.4, -0.2) is 50.5 Å². The van der Waals surface area contributed by atoms with E-state index < -0.39 is 0 Å². The Balaban J connectivity index is 3.32. The van der Waals surface area contributed by atoms with Gasteiger partial charge in [-0.2, -0.15) is 0 Å². The molecule has 5 heteroatoms. The maximum absolute atomic E-state index is 11.3. The van der Waals surface area contributed by atoms with E-state index in [1.165, 1.54) is 0 Å². The summed E-state index contributed by atoms with van der Waals surface area (Å²) < 4.78 is 4.90. The van der Waals surface area contributed by atoms with Gasteiger partial charge in [-0.1, -0.05) is 0 Å². The Hall–Kier alpha value is -0.650. The normalized spacial score (nSPS) is 12.5. The van der Waals surface area contributed by atoms with E-state index in [1.54, 1.807) is 7.11 Å². The summed E-state index contributed by atoms with van der Waals surface area (Å²) in [5, 5.41) is 14.3. The molecule has 0 saturated carbocycles. The van der Waals surface area contributed by atoms with Gasteiger partial charge in [-0.3, -0.25) is 4.79 Å². The number of amides is 1. The summed E-state index contributed by atoms with van der Waals surface area (Å²) in [7, 11) is 1.61. The van der Waals surface area contributed by atoms with E-state index >= 15 is 0 Å². The number of unbranched alkanes of at least 4 members (excludes halogenated alkanes) is 1. The number of rotatable bonds is 9. The topological polar surface area (TPSA) is 70.6 Å². The minimum absolute atomic E-state index is 0.0245. The lowest BCUT2D eigenvalue weighted by atomic mass is 10.3. The fourth-order valence-electron chi connectivity index (χ4n) is 1.18. The van der Waals surface area contributed by atoms with Crippen molar-refractivity contribution in [1.29, 1.82) is 0 Å². The highest BCUT2D eigenvalue weighted by Crippen LogP contribution is 1.84. The molecule has 0 aliphatic heterocycles. The lowest BCUT2D eigenvalue weighted by Gasteiger charge is -2.12.